The number of nitrogens with one attached hydrogen (secondary N) is 1. The summed E-state index contributed by atoms with van der Waals surface area (Å²) in [5, 5.41) is 17.5. The van der Waals surface area contributed by atoms with Crippen molar-refractivity contribution in [3.63, 3.8) is 0 Å². The first-order valence-corrected chi connectivity index (χ1v) is 6.55. The number of halogens is 1. The lowest BCUT2D eigenvalue weighted by Gasteiger charge is -2.11. The molecule has 0 heterocycles. The molecule has 0 amide bonds. The fourth-order valence-corrected chi connectivity index (χ4v) is 2.68. The first-order chi connectivity index (χ1) is 8.46. The van der Waals surface area contributed by atoms with Gasteiger partial charge in [0.2, 0.25) is 10.0 Å². The van der Waals surface area contributed by atoms with Crippen molar-refractivity contribution in [3.05, 3.63) is 29.6 Å². The predicted molar refractivity (Wildman–Crippen MR) is 61.1 cm³/mol. The summed E-state index contributed by atoms with van der Waals surface area (Å²) in [7, 11) is -4.08. The van der Waals surface area contributed by atoms with Gasteiger partial charge in [-0.2, -0.15) is 15.2 Å². The highest BCUT2D eigenvalue weighted by molar-refractivity contribution is 7.89. The van der Waals surface area contributed by atoms with Crippen molar-refractivity contribution in [3.8, 4) is 12.1 Å². The number of rotatable bonds is 4. The second kappa shape index (κ2) is 5.58. The number of hydrogen-bond acceptors (Lipinski definition) is 4. The molecule has 0 aliphatic rings. The third kappa shape index (κ3) is 2.83. The van der Waals surface area contributed by atoms with E-state index in [0.717, 1.165) is 12.1 Å². The summed E-state index contributed by atoms with van der Waals surface area (Å²) in [6.45, 7) is 1.63. The smallest absolute Gasteiger partial charge is 0.207 e. The van der Waals surface area contributed by atoms with E-state index in [4.69, 9.17) is 10.5 Å². The van der Waals surface area contributed by atoms with Gasteiger partial charge in [0.15, 0.2) is 0 Å². The summed E-state index contributed by atoms with van der Waals surface area (Å²) in [6.07, 6.45) is 0.271. The van der Waals surface area contributed by atoms with Crippen molar-refractivity contribution >= 4 is 10.0 Å². The van der Waals surface area contributed by atoms with Crippen LogP contribution in [0.1, 0.15) is 18.9 Å². The van der Waals surface area contributed by atoms with E-state index in [9.17, 15) is 12.8 Å². The van der Waals surface area contributed by atoms with E-state index in [-0.39, 0.29) is 6.42 Å². The van der Waals surface area contributed by atoms with Crippen LogP contribution in [0.25, 0.3) is 0 Å². The molecule has 0 radical (unpaired) electrons. The standard InChI is InChI=1S/C11H10FN3O2S/c1-2-8(6-13)15-18(16,17)11-5-3-4-10(12)9(11)7-14/h3-5,8,15H,2H2,1H3. The summed E-state index contributed by atoms with van der Waals surface area (Å²) in [6, 6.07) is 5.66. The Balaban J connectivity index is 3.27. The van der Waals surface area contributed by atoms with Crippen molar-refractivity contribution in [2.45, 2.75) is 24.3 Å². The van der Waals surface area contributed by atoms with E-state index in [1.54, 1.807) is 13.0 Å². The minimum absolute atomic E-state index is 0.271. The van der Waals surface area contributed by atoms with Crippen LogP contribution in [0.2, 0.25) is 0 Å². The Bertz CT molecular complexity index is 629. The van der Waals surface area contributed by atoms with Crippen LogP contribution in [0, 0.1) is 28.5 Å². The molecule has 18 heavy (non-hydrogen) atoms. The zero-order valence-corrected chi connectivity index (χ0v) is 10.3. The Labute approximate surface area is 105 Å². The van der Waals surface area contributed by atoms with Gasteiger partial charge in [0.1, 0.15) is 28.4 Å². The molecular weight excluding hydrogens is 257 g/mol. The van der Waals surface area contributed by atoms with Gasteiger partial charge < -0.3 is 0 Å². The highest BCUT2D eigenvalue weighted by Crippen LogP contribution is 2.18. The van der Waals surface area contributed by atoms with Crippen LogP contribution in [-0.2, 0) is 10.0 Å². The molecule has 0 saturated heterocycles. The van der Waals surface area contributed by atoms with Gasteiger partial charge in [-0.05, 0) is 18.6 Å². The first kappa shape index (κ1) is 14.1. The normalized spacial score (nSPS) is 12.4. The molecule has 1 aromatic rings. The molecular formula is C11H10FN3O2S. The maximum absolute atomic E-state index is 13.3. The topological polar surface area (TPSA) is 93.8 Å². The van der Waals surface area contributed by atoms with Crippen LogP contribution in [0.5, 0.6) is 0 Å². The molecule has 1 N–H and O–H groups in total. The maximum atomic E-state index is 13.3. The van der Waals surface area contributed by atoms with Gasteiger partial charge in [-0.15, -0.1) is 0 Å². The molecule has 1 atom stereocenters. The average Bonchev–Trinajstić information content (AvgIpc) is 2.35. The SMILES string of the molecule is CCC(C#N)NS(=O)(=O)c1cccc(F)c1C#N. The second-order valence-corrected chi connectivity index (χ2v) is 5.12. The average molecular weight is 267 g/mol. The Kier molecular flexibility index (Phi) is 4.38. The third-order valence-electron chi connectivity index (χ3n) is 2.24. The summed E-state index contributed by atoms with van der Waals surface area (Å²) in [5.74, 6) is -0.912. The second-order valence-electron chi connectivity index (χ2n) is 3.44. The third-order valence-corrected chi connectivity index (χ3v) is 3.75. The summed E-state index contributed by atoms with van der Waals surface area (Å²) in [5.41, 5.74) is -0.558. The Morgan fingerprint density at radius 2 is 2.11 bits per heavy atom. The first-order valence-electron chi connectivity index (χ1n) is 5.06. The highest BCUT2D eigenvalue weighted by Gasteiger charge is 2.23. The molecule has 94 valence electrons. The monoisotopic (exact) mass is 267 g/mol. The highest BCUT2D eigenvalue weighted by atomic mass is 32.2. The molecule has 0 aliphatic heterocycles. The van der Waals surface area contributed by atoms with Gasteiger partial charge >= 0.3 is 0 Å². The van der Waals surface area contributed by atoms with E-state index in [0.29, 0.717) is 0 Å². The molecule has 0 fully saturated rings. The van der Waals surface area contributed by atoms with E-state index >= 15 is 0 Å². The van der Waals surface area contributed by atoms with Crippen LogP contribution < -0.4 is 4.72 Å². The van der Waals surface area contributed by atoms with Crippen molar-refractivity contribution in [1.29, 1.82) is 10.5 Å². The molecule has 5 nitrogen and oxygen atoms in total. The minimum atomic E-state index is -4.08. The molecule has 1 aromatic carbocycles. The molecule has 0 bridgehead atoms. The molecule has 7 heteroatoms. The minimum Gasteiger partial charge on any atom is -0.207 e. The largest absolute Gasteiger partial charge is 0.243 e. The fourth-order valence-electron chi connectivity index (χ4n) is 1.29. The van der Waals surface area contributed by atoms with Gasteiger partial charge in [0, 0.05) is 0 Å². The van der Waals surface area contributed by atoms with Crippen LogP contribution in [0.4, 0.5) is 4.39 Å². The Hall–Kier alpha value is -1.96. The zero-order chi connectivity index (χ0) is 13.8. The molecule has 1 rings (SSSR count). The lowest BCUT2D eigenvalue weighted by atomic mass is 10.2. The molecule has 0 aromatic heterocycles. The molecule has 0 aliphatic carbocycles. The van der Waals surface area contributed by atoms with Crippen molar-refractivity contribution in [2.75, 3.05) is 0 Å². The number of nitriles is 2. The molecule has 0 spiro atoms. The van der Waals surface area contributed by atoms with Gasteiger partial charge in [-0.3, -0.25) is 0 Å². The summed E-state index contributed by atoms with van der Waals surface area (Å²) < 4.78 is 39.2. The lowest BCUT2D eigenvalue weighted by Crippen LogP contribution is -2.33. The van der Waals surface area contributed by atoms with Crippen LogP contribution in [-0.4, -0.2) is 14.5 Å². The number of hydrogen-bond donors (Lipinski definition) is 1. The lowest BCUT2D eigenvalue weighted by molar-refractivity contribution is 0.565. The van der Waals surface area contributed by atoms with E-state index in [1.165, 1.54) is 12.1 Å². The van der Waals surface area contributed by atoms with Crippen LogP contribution in [0.3, 0.4) is 0 Å². The quantitative estimate of drug-likeness (QED) is 0.889. The van der Waals surface area contributed by atoms with Crippen molar-refractivity contribution in [2.24, 2.45) is 0 Å². The van der Waals surface area contributed by atoms with Gasteiger partial charge in [-0.1, -0.05) is 13.0 Å². The zero-order valence-electron chi connectivity index (χ0n) is 9.51. The van der Waals surface area contributed by atoms with Gasteiger partial charge in [0.05, 0.1) is 6.07 Å². The Morgan fingerprint density at radius 1 is 1.44 bits per heavy atom. The summed E-state index contributed by atoms with van der Waals surface area (Å²) in [4.78, 5) is -0.460. The van der Waals surface area contributed by atoms with Gasteiger partial charge in [0.25, 0.3) is 0 Å². The van der Waals surface area contributed by atoms with E-state index in [2.05, 4.69) is 4.72 Å². The fraction of sp³-hybridized carbons (Fsp3) is 0.273. The van der Waals surface area contributed by atoms with Crippen molar-refractivity contribution < 1.29 is 12.8 Å². The molecule has 0 saturated carbocycles. The number of benzene rings is 1. The maximum Gasteiger partial charge on any atom is 0.243 e. The number of nitrogens with zero attached hydrogens (tertiary/aromatic N) is 2. The van der Waals surface area contributed by atoms with Gasteiger partial charge in [-0.25, -0.2) is 12.8 Å². The Morgan fingerprint density at radius 3 is 2.61 bits per heavy atom. The predicted octanol–water partition coefficient (Wildman–Crippen LogP) is 1.28. The van der Waals surface area contributed by atoms with E-state index in [1.807, 2.05) is 0 Å². The number of sulfonamides is 1. The van der Waals surface area contributed by atoms with E-state index < -0.39 is 32.3 Å². The van der Waals surface area contributed by atoms with Crippen LogP contribution >= 0.6 is 0 Å². The van der Waals surface area contributed by atoms with Crippen LogP contribution in [0.15, 0.2) is 23.1 Å². The summed E-state index contributed by atoms with van der Waals surface area (Å²) >= 11 is 0. The van der Waals surface area contributed by atoms with Crippen molar-refractivity contribution in [1.82, 2.24) is 4.72 Å². The molecule has 1 unspecified atom stereocenters.